The summed E-state index contributed by atoms with van der Waals surface area (Å²) in [6.07, 6.45) is 0. The van der Waals surface area contributed by atoms with Gasteiger partial charge in [-0.1, -0.05) is 327 Å². The van der Waals surface area contributed by atoms with Gasteiger partial charge in [0.2, 0.25) is 0 Å². The molecule has 5 nitrogen and oxygen atoms in total. The van der Waals surface area contributed by atoms with Crippen molar-refractivity contribution in [1.82, 2.24) is 9.13 Å². The Morgan fingerprint density at radius 1 is 0.258 bits per heavy atom. The molecule has 124 heavy (non-hydrogen) atoms. The third kappa shape index (κ3) is 13.3. The van der Waals surface area contributed by atoms with Gasteiger partial charge in [0.15, 0.2) is 0 Å². The number of aromatic nitrogens is 2. The lowest BCUT2D eigenvalue weighted by Gasteiger charge is -2.47. The Hall–Kier alpha value is -12.6. The second-order valence-corrected chi connectivity index (χ2v) is 41.6. The van der Waals surface area contributed by atoms with Gasteiger partial charge in [0.05, 0.1) is 49.9 Å². The molecule has 0 atom stereocenters. The van der Waals surface area contributed by atoms with Gasteiger partial charge in [0, 0.05) is 94.3 Å². The van der Waals surface area contributed by atoms with Crippen molar-refractivity contribution in [2.75, 3.05) is 9.80 Å². The fourth-order valence-corrected chi connectivity index (χ4v) is 18.6. The lowest BCUT2D eigenvalue weighted by Crippen LogP contribution is -2.61. The van der Waals surface area contributed by atoms with Crippen LogP contribution in [-0.4, -0.2) is 15.8 Å². The van der Waals surface area contributed by atoms with E-state index in [0.29, 0.717) is 50.6 Å². The molecule has 0 bridgehead atoms. The number of hydrogen-bond donors (Lipinski definition) is 0. The van der Waals surface area contributed by atoms with E-state index in [4.69, 9.17) is 4.42 Å². The van der Waals surface area contributed by atoms with Crippen LogP contribution >= 0.6 is 0 Å². The standard InChI is InChI=1S/C118H113BN4O/c1-112(2,3)77-47-55-99-92(60-77)93-61-78(113(4,5)6)48-56-100(93)120(99)84-51-53-97-103(70-84)122(109-89(73-37-27-23-28-38-73)64-81(116(13,14)15)66-91(109)76-42-33-41-75(59-76)72-35-25-22-26-36-72)105-68-83(118(19,20)21)69-106-108(105)119(97)98-54-52-85(121-101-57-49-79(114(7,8)9)62-94(101)95-63-80(115(10,11)12)50-58-102(95)121)71-104(98)123(106)110-90(74-39-29-24-30-40-74)65-82(117(16,17)18)67-96(110)88-45-34-44-87-86-43-31-32-46-107(86)124-111(87)88/h22-71H,1-21H3/i47D,48D,49D,50D,55D,56D,57D,58D,60D,61D,62D,63D. The van der Waals surface area contributed by atoms with Crippen LogP contribution in [0.2, 0.25) is 0 Å². The first-order valence-corrected chi connectivity index (χ1v) is 43.8. The third-order valence-corrected chi connectivity index (χ3v) is 25.5. The first-order chi connectivity index (χ1) is 64.0. The van der Waals surface area contributed by atoms with Gasteiger partial charge in [0.25, 0.3) is 6.71 Å². The van der Waals surface area contributed by atoms with E-state index in [9.17, 15) is 16.4 Å². The Bertz CT molecular complexity index is 7980. The molecule has 0 radical (unpaired) electrons. The number of anilines is 6. The predicted molar refractivity (Wildman–Crippen MR) is 535 cm³/mol. The van der Waals surface area contributed by atoms with Gasteiger partial charge < -0.3 is 23.4 Å². The molecule has 3 aromatic heterocycles. The minimum absolute atomic E-state index is 0.0189. The number of para-hydroxylation sites is 2. The molecule has 0 fully saturated rings. The van der Waals surface area contributed by atoms with Crippen LogP contribution < -0.4 is 26.2 Å². The molecular formula is C118H113BN4O. The van der Waals surface area contributed by atoms with E-state index in [0.717, 1.165) is 128 Å². The van der Waals surface area contributed by atoms with Crippen molar-refractivity contribution in [3.05, 3.63) is 342 Å². The van der Waals surface area contributed by atoms with Crippen molar-refractivity contribution in [2.24, 2.45) is 0 Å². The fourth-order valence-electron chi connectivity index (χ4n) is 18.6. The molecule has 2 aliphatic rings. The highest BCUT2D eigenvalue weighted by Crippen LogP contribution is 2.57. The van der Waals surface area contributed by atoms with Gasteiger partial charge in [-0.15, -0.1) is 0 Å². The van der Waals surface area contributed by atoms with E-state index in [1.165, 1.54) is 0 Å². The number of benzene rings is 15. The average Bonchev–Trinajstić information content (AvgIpc) is 0.997. The Kier molecular flexibility index (Phi) is 15.4. The van der Waals surface area contributed by atoms with Crippen molar-refractivity contribution in [3.63, 3.8) is 0 Å². The maximum absolute atomic E-state index is 10.6. The molecule has 0 saturated heterocycles. The van der Waals surface area contributed by atoms with Crippen LogP contribution in [0.25, 0.3) is 133 Å². The molecule has 0 aliphatic carbocycles. The van der Waals surface area contributed by atoms with Crippen molar-refractivity contribution in [2.45, 2.75) is 183 Å². The molecule has 0 saturated carbocycles. The van der Waals surface area contributed by atoms with Crippen LogP contribution in [0.4, 0.5) is 34.1 Å². The molecule has 614 valence electrons. The van der Waals surface area contributed by atoms with Crippen LogP contribution in [-0.2, 0) is 37.9 Å². The van der Waals surface area contributed by atoms with Gasteiger partial charge in [0.1, 0.15) is 11.2 Å². The van der Waals surface area contributed by atoms with Gasteiger partial charge in [-0.25, -0.2) is 0 Å². The van der Waals surface area contributed by atoms with E-state index in [1.807, 2.05) is 135 Å². The van der Waals surface area contributed by atoms with E-state index >= 15 is 0 Å². The molecule has 18 aromatic rings. The summed E-state index contributed by atoms with van der Waals surface area (Å²) in [7, 11) is 0. The number of fused-ring (bicyclic) bond motifs is 13. The Morgan fingerprint density at radius 3 is 1.02 bits per heavy atom. The summed E-state index contributed by atoms with van der Waals surface area (Å²) in [5, 5.41) is 2.90. The van der Waals surface area contributed by atoms with Crippen molar-refractivity contribution in [3.8, 4) is 67.0 Å². The highest BCUT2D eigenvalue weighted by molar-refractivity contribution is 7.00. The normalized spacial score (nSPS) is 14.8. The van der Waals surface area contributed by atoms with Crippen molar-refractivity contribution < 1.29 is 20.9 Å². The van der Waals surface area contributed by atoms with Crippen molar-refractivity contribution >= 4 is 123 Å². The molecule has 0 unspecified atom stereocenters. The van der Waals surface area contributed by atoms with Gasteiger partial charge in [-0.3, -0.25) is 0 Å². The molecular weight excluding hydrogens is 1500 g/mol. The first-order valence-electron chi connectivity index (χ1n) is 49.8. The Balaban J connectivity index is 1.03. The summed E-state index contributed by atoms with van der Waals surface area (Å²) in [5.74, 6) is 0. The smallest absolute Gasteiger partial charge is 0.252 e. The summed E-state index contributed by atoms with van der Waals surface area (Å²) >= 11 is 0. The summed E-state index contributed by atoms with van der Waals surface area (Å²) in [6.45, 7) is 42.8. The molecule has 0 N–H and O–H groups in total. The maximum Gasteiger partial charge on any atom is 0.252 e. The van der Waals surface area contributed by atoms with E-state index in [-0.39, 0.29) is 116 Å². The van der Waals surface area contributed by atoms with Crippen molar-refractivity contribution in [1.29, 1.82) is 0 Å². The van der Waals surface area contributed by atoms with Crippen LogP contribution in [0.5, 0.6) is 0 Å². The Morgan fingerprint density at radius 2 is 0.597 bits per heavy atom. The molecule has 2 aliphatic heterocycles. The summed E-state index contributed by atoms with van der Waals surface area (Å²) < 4.78 is 136. The minimum atomic E-state index is -0.825. The van der Waals surface area contributed by atoms with Gasteiger partial charge >= 0.3 is 0 Å². The van der Waals surface area contributed by atoms with Crippen LogP contribution in [0, 0.1) is 0 Å². The highest BCUT2D eigenvalue weighted by atomic mass is 16.3. The number of furan rings is 1. The summed E-state index contributed by atoms with van der Waals surface area (Å²) in [5.41, 5.74) is 18.9. The molecule has 20 rings (SSSR count). The molecule has 0 spiro atoms. The SMILES string of the molecule is [2H]c1c(C(C)(C)C)c([2H])c2c3c([2H])c(C(C)(C)C)c([2H])c([2H])c3n(-c3ccc4c(c3)N(c3c(-c5ccccc5)cc(C(C)(C)C)cc3-c3cccc(-c5ccccc5)c3)c3cc(C(C)(C)C)cc5c3B4c3ccc(-n4c6c([2H])c([2H])c(C(C)(C)C)c([2H])c6c6c([2H])c(C(C)(C)C)c([2H])c([2H])c64)cc3N5c3c(-c4ccccc4)cc(C(C)(C)C)cc3-c3cccc4c3oc3ccccc34)c2c1[2H]. The zero-order valence-corrected chi connectivity index (χ0v) is 75.2. The van der Waals surface area contributed by atoms with E-state index in [2.05, 4.69) is 260 Å². The van der Waals surface area contributed by atoms with E-state index < -0.39 is 44.6 Å². The lowest BCUT2D eigenvalue weighted by atomic mass is 9.33. The van der Waals surface area contributed by atoms with Crippen LogP contribution in [0.1, 0.15) is 201 Å². The number of nitrogens with zero attached hydrogens (tertiary/aromatic N) is 4. The second-order valence-electron chi connectivity index (χ2n) is 41.6. The van der Waals surface area contributed by atoms with Crippen LogP contribution in [0.3, 0.4) is 0 Å². The van der Waals surface area contributed by atoms with Gasteiger partial charge in [-0.05, 0) is 242 Å². The second kappa shape index (κ2) is 28.5. The molecule has 6 heteroatoms. The maximum atomic E-state index is 10.6. The minimum Gasteiger partial charge on any atom is -0.455 e. The fraction of sp³-hybridized carbons (Fsp3) is 0.237. The van der Waals surface area contributed by atoms with Gasteiger partial charge in [-0.2, -0.15) is 0 Å². The summed E-state index contributed by atoms with van der Waals surface area (Å²) in [4.78, 5) is 4.92. The predicted octanol–water partition coefficient (Wildman–Crippen LogP) is 31.3. The average molecular weight is 1630 g/mol. The van der Waals surface area contributed by atoms with E-state index in [1.54, 1.807) is 0 Å². The zero-order chi connectivity index (χ0) is 97.0. The highest BCUT2D eigenvalue weighted by Gasteiger charge is 2.47. The zero-order valence-electron chi connectivity index (χ0n) is 87.2. The molecule has 0 amide bonds. The first kappa shape index (κ1) is 66.9. The summed E-state index contributed by atoms with van der Waals surface area (Å²) in [6, 6.07) is 80.5. The van der Waals surface area contributed by atoms with Crippen LogP contribution in [0.15, 0.2) is 307 Å². The molecule has 5 heterocycles. The number of hydrogen-bond acceptors (Lipinski definition) is 3. The Labute approximate surface area is 750 Å². The largest absolute Gasteiger partial charge is 0.455 e. The quantitative estimate of drug-likeness (QED) is 0.135. The number of rotatable bonds is 9. The monoisotopic (exact) mass is 1620 g/mol. The third-order valence-electron chi connectivity index (χ3n) is 25.5. The molecule has 15 aromatic carbocycles. The topological polar surface area (TPSA) is 29.5 Å². The lowest BCUT2D eigenvalue weighted by molar-refractivity contribution is 0.590.